The summed E-state index contributed by atoms with van der Waals surface area (Å²) in [6, 6.07) is 18.3. The quantitative estimate of drug-likeness (QED) is 0.461. The highest BCUT2D eigenvalue weighted by Gasteiger charge is 2.19. The van der Waals surface area contributed by atoms with Gasteiger partial charge in [0.05, 0.1) is 26.8 Å². The number of benzene rings is 3. The van der Waals surface area contributed by atoms with E-state index in [0.717, 1.165) is 24.3 Å². The number of rotatable bonds is 9. The van der Waals surface area contributed by atoms with Crippen molar-refractivity contribution >= 4 is 31.5 Å². The summed E-state index contributed by atoms with van der Waals surface area (Å²) in [5.74, 6) is -1.27. The number of sulfonamides is 1. The Hall–Kier alpha value is -3.24. The third-order valence-electron chi connectivity index (χ3n) is 4.52. The number of nitrogens with one attached hydrogen (secondary N) is 2. The third-order valence-corrected chi connectivity index (χ3v) is 7.72. The Morgan fingerprint density at radius 2 is 1.41 bits per heavy atom. The van der Waals surface area contributed by atoms with Crippen LogP contribution in [-0.2, 0) is 19.9 Å². The molecule has 0 fully saturated rings. The molecular weight excluding hydrogens is 455 g/mol. The molecule has 0 heterocycles. The Bertz CT molecular complexity index is 1290. The van der Waals surface area contributed by atoms with Gasteiger partial charge in [-0.25, -0.2) is 21.2 Å². The largest absolute Gasteiger partial charge is 0.352 e. The molecule has 0 saturated carbocycles. The molecule has 2 N–H and O–H groups in total. The van der Waals surface area contributed by atoms with Crippen LogP contribution in [-0.4, -0.2) is 35.0 Å². The van der Waals surface area contributed by atoms with E-state index in [1.54, 1.807) is 30.3 Å². The van der Waals surface area contributed by atoms with Gasteiger partial charge in [-0.15, -0.1) is 0 Å². The molecule has 0 unspecified atom stereocenters. The first-order chi connectivity index (χ1) is 15.2. The number of carbonyl (C=O) groups excluding carboxylic acids is 1. The minimum atomic E-state index is -4.04. The summed E-state index contributed by atoms with van der Waals surface area (Å²) >= 11 is 0. The van der Waals surface area contributed by atoms with Crippen molar-refractivity contribution in [2.75, 3.05) is 17.0 Å². The first-order valence-corrected chi connectivity index (χ1v) is 12.8. The molecule has 0 aliphatic carbocycles. The van der Waals surface area contributed by atoms with Gasteiger partial charge in [-0.3, -0.25) is 9.52 Å². The van der Waals surface area contributed by atoms with Gasteiger partial charge in [-0.2, -0.15) is 0 Å². The van der Waals surface area contributed by atoms with Crippen molar-refractivity contribution in [3.8, 4) is 0 Å². The number of hydrogen-bond donors (Lipinski definition) is 2. The lowest BCUT2D eigenvalue weighted by molar-refractivity contribution is 0.0954. The predicted octanol–water partition coefficient (Wildman–Crippen LogP) is 3.22. The summed E-state index contributed by atoms with van der Waals surface area (Å²) in [6.45, 7) is 0.0872. The average molecular weight is 477 g/mol. The second-order valence-corrected chi connectivity index (χ2v) is 10.6. The Morgan fingerprint density at radius 1 is 0.781 bits per heavy atom. The van der Waals surface area contributed by atoms with E-state index >= 15 is 0 Å². The Kier molecular flexibility index (Phi) is 7.26. The van der Waals surface area contributed by atoms with E-state index in [2.05, 4.69) is 10.0 Å². The van der Waals surface area contributed by atoms with Crippen LogP contribution >= 0.6 is 0 Å². The second kappa shape index (κ2) is 9.92. The zero-order valence-corrected chi connectivity index (χ0v) is 18.5. The normalized spacial score (nSPS) is 11.7. The van der Waals surface area contributed by atoms with E-state index in [9.17, 15) is 26.0 Å². The summed E-state index contributed by atoms with van der Waals surface area (Å²) in [7, 11) is -7.50. The van der Waals surface area contributed by atoms with E-state index in [-0.39, 0.29) is 39.8 Å². The van der Waals surface area contributed by atoms with Crippen LogP contribution in [0.25, 0.3) is 0 Å². The number of halogens is 1. The molecule has 1 amide bonds. The van der Waals surface area contributed by atoms with Crippen LogP contribution in [0.3, 0.4) is 0 Å². The number of sulfone groups is 1. The molecule has 3 aromatic rings. The molecule has 0 aromatic heterocycles. The number of para-hydroxylation sites is 1. The van der Waals surface area contributed by atoms with Gasteiger partial charge >= 0.3 is 0 Å². The van der Waals surface area contributed by atoms with Gasteiger partial charge in [0, 0.05) is 6.54 Å². The van der Waals surface area contributed by atoms with Crippen molar-refractivity contribution in [3.05, 3.63) is 90.2 Å². The van der Waals surface area contributed by atoms with E-state index in [4.69, 9.17) is 0 Å². The first kappa shape index (κ1) is 23.4. The molecule has 32 heavy (non-hydrogen) atoms. The van der Waals surface area contributed by atoms with Crippen molar-refractivity contribution in [2.24, 2.45) is 0 Å². The van der Waals surface area contributed by atoms with Gasteiger partial charge < -0.3 is 5.32 Å². The summed E-state index contributed by atoms with van der Waals surface area (Å²) in [6.07, 6.45) is 0.187. The predicted molar refractivity (Wildman–Crippen MR) is 119 cm³/mol. The topological polar surface area (TPSA) is 109 Å². The van der Waals surface area contributed by atoms with Crippen LogP contribution in [0.1, 0.15) is 16.8 Å². The molecule has 3 rings (SSSR count). The first-order valence-electron chi connectivity index (χ1n) is 9.62. The Morgan fingerprint density at radius 3 is 2.09 bits per heavy atom. The minimum absolute atomic E-state index is 0.0474. The van der Waals surface area contributed by atoms with Crippen LogP contribution in [0, 0.1) is 5.82 Å². The number of hydrogen-bond acceptors (Lipinski definition) is 5. The van der Waals surface area contributed by atoms with Crippen molar-refractivity contribution in [2.45, 2.75) is 16.2 Å². The van der Waals surface area contributed by atoms with E-state index in [0.29, 0.717) is 0 Å². The van der Waals surface area contributed by atoms with Crippen LogP contribution < -0.4 is 10.0 Å². The second-order valence-electron chi connectivity index (χ2n) is 6.85. The maximum atomic E-state index is 13.1. The van der Waals surface area contributed by atoms with Crippen molar-refractivity contribution < 1.29 is 26.0 Å². The number of amides is 1. The maximum Gasteiger partial charge on any atom is 0.261 e. The van der Waals surface area contributed by atoms with E-state index in [1.165, 1.54) is 24.3 Å². The van der Waals surface area contributed by atoms with Crippen molar-refractivity contribution in [1.82, 2.24) is 5.32 Å². The van der Waals surface area contributed by atoms with E-state index < -0.39 is 31.6 Å². The SMILES string of the molecule is O=C(NCCCS(=O)(=O)c1ccccc1)c1ccccc1NS(=O)(=O)c1ccc(F)cc1. The molecule has 3 aromatic carbocycles. The third kappa shape index (κ3) is 5.92. The summed E-state index contributed by atoms with van der Waals surface area (Å²) < 4.78 is 65.1. The fraction of sp³-hybridized carbons (Fsp3) is 0.136. The highest BCUT2D eigenvalue weighted by Crippen LogP contribution is 2.20. The van der Waals surface area contributed by atoms with Crippen LogP contribution in [0.5, 0.6) is 0 Å². The monoisotopic (exact) mass is 476 g/mol. The van der Waals surface area contributed by atoms with Gasteiger partial charge in [-0.1, -0.05) is 30.3 Å². The Balaban J connectivity index is 1.64. The molecule has 0 saturated heterocycles. The van der Waals surface area contributed by atoms with Crippen LogP contribution in [0.15, 0.2) is 88.7 Å². The lowest BCUT2D eigenvalue weighted by Crippen LogP contribution is -2.27. The molecular formula is C22H21FN2O5S2. The van der Waals surface area contributed by atoms with E-state index in [1.807, 2.05) is 0 Å². The molecule has 0 aliphatic rings. The minimum Gasteiger partial charge on any atom is -0.352 e. The molecule has 0 bridgehead atoms. The zero-order valence-electron chi connectivity index (χ0n) is 16.9. The molecule has 0 atom stereocenters. The average Bonchev–Trinajstić information content (AvgIpc) is 2.77. The van der Waals surface area contributed by atoms with Crippen LogP contribution in [0.4, 0.5) is 10.1 Å². The molecule has 0 spiro atoms. The standard InChI is InChI=1S/C22H21FN2O5S2/c23-17-11-13-19(14-12-17)32(29,30)25-21-10-5-4-9-20(21)22(26)24-15-6-16-31(27,28)18-7-2-1-3-8-18/h1-5,7-14,25H,6,15-16H2,(H,24,26). The summed E-state index contributed by atoms with van der Waals surface area (Å²) in [5.41, 5.74) is 0.121. The zero-order chi connectivity index (χ0) is 23.2. The smallest absolute Gasteiger partial charge is 0.261 e. The maximum absolute atomic E-state index is 13.1. The fourth-order valence-corrected chi connectivity index (χ4v) is 5.30. The summed E-state index contributed by atoms with van der Waals surface area (Å²) in [4.78, 5) is 12.6. The lowest BCUT2D eigenvalue weighted by atomic mass is 10.1. The molecule has 10 heteroatoms. The highest BCUT2D eigenvalue weighted by atomic mass is 32.2. The fourth-order valence-electron chi connectivity index (χ4n) is 2.89. The molecule has 0 radical (unpaired) electrons. The van der Waals surface area contributed by atoms with Gasteiger partial charge in [0.2, 0.25) is 0 Å². The van der Waals surface area contributed by atoms with Crippen molar-refractivity contribution in [1.29, 1.82) is 0 Å². The number of anilines is 1. The van der Waals surface area contributed by atoms with Gasteiger partial charge in [0.15, 0.2) is 9.84 Å². The lowest BCUT2D eigenvalue weighted by Gasteiger charge is -2.13. The number of carbonyl (C=O) groups is 1. The van der Waals surface area contributed by atoms with Gasteiger partial charge in [0.1, 0.15) is 5.82 Å². The van der Waals surface area contributed by atoms with Gasteiger partial charge in [-0.05, 0) is 55.0 Å². The van der Waals surface area contributed by atoms with Crippen LogP contribution in [0.2, 0.25) is 0 Å². The Labute approximate surface area is 186 Å². The van der Waals surface area contributed by atoms with Crippen molar-refractivity contribution in [3.63, 3.8) is 0 Å². The van der Waals surface area contributed by atoms with Gasteiger partial charge in [0.25, 0.3) is 15.9 Å². The molecule has 0 aliphatic heterocycles. The summed E-state index contributed by atoms with van der Waals surface area (Å²) in [5, 5.41) is 2.61. The molecule has 168 valence electrons. The molecule has 7 nitrogen and oxygen atoms in total. The highest BCUT2D eigenvalue weighted by molar-refractivity contribution is 7.92.